The summed E-state index contributed by atoms with van der Waals surface area (Å²) < 4.78 is 0. The van der Waals surface area contributed by atoms with Crippen molar-refractivity contribution in [1.29, 1.82) is 0 Å². The predicted molar refractivity (Wildman–Crippen MR) is 47.5 cm³/mol. The molecular formula is C9H10O2S. The van der Waals surface area contributed by atoms with Gasteiger partial charge in [0.2, 0.25) is 0 Å². The van der Waals surface area contributed by atoms with Gasteiger partial charge in [0.1, 0.15) is 0 Å². The molecular weight excluding hydrogens is 172 g/mol. The van der Waals surface area contributed by atoms with Gasteiger partial charge >= 0.3 is 5.97 Å². The molecule has 0 aliphatic heterocycles. The van der Waals surface area contributed by atoms with Gasteiger partial charge in [-0.15, -0.1) is 11.3 Å². The Labute approximate surface area is 74.8 Å². The second-order valence-electron chi connectivity index (χ2n) is 3.24. The molecule has 12 heavy (non-hydrogen) atoms. The van der Waals surface area contributed by atoms with Gasteiger partial charge in [-0.3, -0.25) is 4.79 Å². The molecule has 0 bridgehead atoms. The Morgan fingerprint density at radius 2 is 2.42 bits per heavy atom. The van der Waals surface area contributed by atoms with E-state index in [0.29, 0.717) is 5.92 Å². The fourth-order valence-electron chi connectivity index (χ4n) is 1.44. The number of carboxylic acids is 1. The average molecular weight is 182 g/mol. The Balaban J connectivity index is 2.10. The zero-order chi connectivity index (χ0) is 8.72. The fourth-order valence-corrected chi connectivity index (χ4v) is 2.49. The molecule has 1 aromatic heterocycles. The maximum absolute atomic E-state index is 10.6. The van der Waals surface area contributed by atoms with E-state index in [0.717, 1.165) is 6.42 Å². The third kappa shape index (κ3) is 1.25. The zero-order valence-corrected chi connectivity index (χ0v) is 7.60. The summed E-state index contributed by atoms with van der Waals surface area (Å²) in [6.45, 7) is 2.05. The van der Waals surface area contributed by atoms with Crippen LogP contribution in [0.25, 0.3) is 0 Å². The normalized spacial score (nSPS) is 27.1. The first-order valence-electron chi connectivity index (χ1n) is 3.97. The van der Waals surface area contributed by atoms with Crippen LogP contribution in [-0.2, 0) is 4.79 Å². The Morgan fingerprint density at radius 3 is 2.83 bits per heavy atom. The van der Waals surface area contributed by atoms with Gasteiger partial charge in [0.05, 0.1) is 5.92 Å². The third-order valence-corrected chi connectivity index (χ3v) is 3.37. The van der Waals surface area contributed by atoms with Crippen molar-refractivity contribution in [2.45, 2.75) is 19.3 Å². The molecule has 1 aliphatic rings. The molecule has 0 saturated heterocycles. The van der Waals surface area contributed by atoms with Crippen LogP contribution in [0.3, 0.4) is 0 Å². The second-order valence-corrected chi connectivity index (χ2v) is 4.55. The number of hydrogen-bond donors (Lipinski definition) is 1. The first-order valence-corrected chi connectivity index (χ1v) is 4.79. The molecule has 0 aromatic carbocycles. The Morgan fingerprint density at radius 1 is 1.67 bits per heavy atom. The van der Waals surface area contributed by atoms with E-state index in [1.807, 2.05) is 13.0 Å². The van der Waals surface area contributed by atoms with Crippen molar-refractivity contribution >= 4 is 17.3 Å². The standard InChI is InChI=1S/C9H10O2S/c1-5-2-3-8(12-5)6-4-7(6)9(10)11/h2-3,6-7H,4H2,1H3,(H,10,11)/t6-,7+/m1/s1. The number of aliphatic carboxylic acids is 1. The van der Waals surface area contributed by atoms with Crippen molar-refractivity contribution in [3.8, 4) is 0 Å². The largest absolute Gasteiger partial charge is 0.481 e. The minimum absolute atomic E-state index is 0.108. The molecule has 0 spiro atoms. The summed E-state index contributed by atoms with van der Waals surface area (Å²) in [5.41, 5.74) is 0. The maximum atomic E-state index is 10.6. The minimum atomic E-state index is -0.647. The quantitative estimate of drug-likeness (QED) is 0.761. The lowest BCUT2D eigenvalue weighted by atomic mass is 10.3. The molecule has 1 aromatic rings. The number of hydrogen-bond acceptors (Lipinski definition) is 2. The summed E-state index contributed by atoms with van der Waals surface area (Å²) in [6.07, 6.45) is 0.829. The van der Waals surface area contributed by atoms with Crippen LogP contribution in [-0.4, -0.2) is 11.1 Å². The lowest BCUT2D eigenvalue weighted by molar-refractivity contribution is -0.138. The van der Waals surface area contributed by atoms with Crippen LogP contribution in [0.5, 0.6) is 0 Å². The first-order chi connectivity index (χ1) is 5.68. The molecule has 1 fully saturated rings. The van der Waals surface area contributed by atoms with Crippen LogP contribution in [0.4, 0.5) is 0 Å². The fraction of sp³-hybridized carbons (Fsp3) is 0.444. The highest BCUT2D eigenvalue weighted by atomic mass is 32.1. The van der Waals surface area contributed by atoms with Crippen LogP contribution >= 0.6 is 11.3 Å². The SMILES string of the molecule is Cc1ccc([C@@H]2C[C@@H]2C(=O)O)s1. The molecule has 2 rings (SSSR count). The number of rotatable bonds is 2. The molecule has 0 radical (unpaired) electrons. The van der Waals surface area contributed by atoms with Crippen molar-refractivity contribution in [1.82, 2.24) is 0 Å². The Kier molecular flexibility index (Phi) is 1.68. The lowest BCUT2D eigenvalue weighted by Crippen LogP contribution is -1.97. The van der Waals surface area contributed by atoms with Crippen LogP contribution in [0.2, 0.25) is 0 Å². The molecule has 64 valence electrons. The van der Waals surface area contributed by atoms with Crippen molar-refractivity contribution in [2.24, 2.45) is 5.92 Å². The van der Waals surface area contributed by atoms with Crippen LogP contribution < -0.4 is 0 Å². The average Bonchev–Trinajstić information content (AvgIpc) is 2.70. The number of aryl methyl sites for hydroxylation is 1. The predicted octanol–water partition coefficient (Wildman–Crippen LogP) is 2.24. The molecule has 1 aliphatic carbocycles. The van der Waals surface area contributed by atoms with E-state index in [2.05, 4.69) is 6.07 Å². The van der Waals surface area contributed by atoms with E-state index in [4.69, 9.17) is 5.11 Å². The van der Waals surface area contributed by atoms with E-state index in [1.165, 1.54) is 9.75 Å². The van der Waals surface area contributed by atoms with Crippen molar-refractivity contribution in [3.63, 3.8) is 0 Å². The molecule has 1 saturated carbocycles. The topological polar surface area (TPSA) is 37.3 Å². The van der Waals surface area contributed by atoms with E-state index < -0.39 is 5.97 Å². The molecule has 2 nitrogen and oxygen atoms in total. The smallest absolute Gasteiger partial charge is 0.307 e. The molecule has 1 N–H and O–H groups in total. The maximum Gasteiger partial charge on any atom is 0.307 e. The molecule has 0 amide bonds. The van der Waals surface area contributed by atoms with Gasteiger partial charge in [0.25, 0.3) is 0 Å². The zero-order valence-electron chi connectivity index (χ0n) is 6.78. The highest BCUT2D eigenvalue weighted by Gasteiger charge is 2.44. The van der Waals surface area contributed by atoms with Crippen molar-refractivity contribution < 1.29 is 9.90 Å². The van der Waals surface area contributed by atoms with Gasteiger partial charge < -0.3 is 5.11 Å². The van der Waals surface area contributed by atoms with Crippen LogP contribution in [0.15, 0.2) is 12.1 Å². The Hall–Kier alpha value is -0.830. The monoisotopic (exact) mass is 182 g/mol. The van der Waals surface area contributed by atoms with Gasteiger partial charge in [0, 0.05) is 15.7 Å². The van der Waals surface area contributed by atoms with Crippen LogP contribution in [0, 0.1) is 12.8 Å². The summed E-state index contributed by atoms with van der Waals surface area (Å²) in [4.78, 5) is 13.1. The van der Waals surface area contributed by atoms with E-state index in [9.17, 15) is 4.79 Å². The summed E-state index contributed by atoms with van der Waals surface area (Å²) in [5, 5.41) is 8.70. The number of carboxylic acid groups (broad SMARTS) is 1. The van der Waals surface area contributed by atoms with Gasteiger partial charge in [0.15, 0.2) is 0 Å². The number of carbonyl (C=O) groups is 1. The molecule has 1 heterocycles. The second kappa shape index (κ2) is 2.59. The van der Waals surface area contributed by atoms with Gasteiger partial charge in [-0.2, -0.15) is 0 Å². The summed E-state index contributed by atoms with van der Waals surface area (Å²) in [7, 11) is 0. The molecule has 3 heteroatoms. The summed E-state index contributed by atoms with van der Waals surface area (Å²) in [6, 6.07) is 4.10. The molecule has 2 atom stereocenters. The van der Waals surface area contributed by atoms with E-state index >= 15 is 0 Å². The van der Waals surface area contributed by atoms with E-state index in [1.54, 1.807) is 11.3 Å². The molecule has 0 unspecified atom stereocenters. The highest BCUT2D eigenvalue weighted by molar-refractivity contribution is 7.12. The van der Waals surface area contributed by atoms with Crippen molar-refractivity contribution in [3.05, 3.63) is 21.9 Å². The first kappa shape index (κ1) is 7.80. The van der Waals surface area contributed by atoms with Gasteiger partial charge in [-0.25, -0.2) is 0 Å². The summed E-state index contributed by atoms with van der Waals surface area (Å²) in [5.74, 6) is -0.449. The lowest BCUT2D eigenvalue weighted by Gasteiger charge is -1.89. The van der Waals surface area contributed by atoms with Gasteiger partial charge in [-0.05, 0) is 25.5 Å². The van der Waals surface area contributed by atoms with Crippen molar-refractivity contribution in [2.75, 3.05) is 0 Å². The summed E-state index contributed by atoms with van der Waals surface area (Å²) >= 11 is 1.72. The third-order valence-electron chi connectivity index (χ3n) is 2.23. The highest BCUT2D eigenvalue weighted by Crippen LogP contribution is 2.49. The number of thiophene rings is 1. The van der Waals surface area contributed by atoms with E-state index in [-0.39, 0.29) is 5.92 Å². The minimum Gasteiger partial charge on any atom is -0.481 e. The Bertz CT molecular complexity index is 316. The van der Waals surface area contributed by atoms with Crippen LogP contribution in [0.1, 0.15) is 22.1 Å². The van der Waals surface area contributed by atoms with Gasteiger partial charge in [-0.1, -0.05) is 0 Å².